The van der Waals surface area contributed by atoms with Gasteiger partial charge in [-0.05, 0) is 49.6 Å². The van der Waals surface area contributed by atoms with Crippen LogP contribution in [0.2, 0.25) is 0 Å². The minimum absolute atomic E-state index is 0.00805. The molecule has 1 aliphatic heterocycles. The van der Waals surface area contributed by atoms with Crippen LogP contribution in [0.4, 0.5) is 0 Å². The molecule has 2 aromatic carbocycles. The predicted molar refractivity (Wildman–Crippen MR) is 93.8 cm³/mol. The highest BCUT2D eigenvalue weighted by Gasteiger charge is 2.18. The number of fused-ring (bicyclic) bond motifs is 1. The van der Waals surface area contributed by atoms with Crippen LogP contribution in [0, 0.1) is 13.8 Å². The first-order valence-electron chi connectivity index (χ1n) is 8.36. The Morgan fingerprint density at radius 2 is 1.83 bits per heavy atom. The molecule has 1 aliphatic rings. The molecule has 0 fully saturated rings. The monoisotopic (exact) mass is 325 g/mol. The van der Waals surface area contributed by atoms with E-state index in [1.54, 1.807) is 18.2 Å². The second-order valence-corrected chi connectivity index (χ2v) is 6.15. The molecule has 3 rings (SSSR count). The van der Waals surface area contributed by atoms with Gasteiger partial charge in [-0.1, -0.05) is 30.7 Å². The third-order valence-electron chi connectivity index (χ3n) is 4.32. The Bertz CT molecular complexity index is 755. The Morgan fingerprint density at radius 3 is 2.54 bits per heavy atom. The van der Waals surface area contributed by atoms with E-state index in [1.165, 1.54) is 11.1 Å². The number of aryl methyl sites for hydroxylation is 2. The van der Waals surface area contributed by atoms with Crippen molar-refractivity contribution in [2.45, 2.75) is 33.2 Å². The second-order valence-electron chi connectivity index (χ2n) is 6.15. The summed E-state index contributed by atoms with van der Waals surface area (Å²) in [4.78, 5) is 12.6. The molecule has 1 amide bonds. The van der Waals surface area contributed by atoms with Gasteiger partial charge in [-0.2, -0.15) is 0 Å². The van der Waals surface area contributed by atoms with Crippen molar-refractivity contribution in [3.05, 3.63) is 58.7 Å². The van der Waals surface area contributed by atoms with Gasteiger partial charge < -0.3 is 14.8 Å². The Hall–Kier alpha value is -2.49. The number of benzene rings is 2. The SMILES string of the molecule is CC[C@H](NC(=O)c1ccc2c(c1)OCCO2)c1ccc(C)cc1C. The Balaban J connectivity index is 1.79. The normalized spacial score (nSPS) is 14.1. The molecule has 0 aromatic heterocycles. The molecule has 0 saturated heterocycles. The smallest absolute Gasteiger partial charge is 0.251 e. The van der Waals surface area contributed by atoms with E-state index < -0.39 is 0 Å². The molecule has 0 saturated carbocycles. The van der Waals surface area contributed by atoms with E-state index in [9.17, 15) is 4.79 Å². The van der Waals surface area contributed by atoms with Crippen LogP contribution in [0.25, 0.3) is 0 Å². The van der Waals surface area contributed by atoms with Crippen molar-refractivity contribution in [2.24, 2.45) is 0 Å². The van der Waals surface area contributed by atoms with Gasteiger partial charge in [0.05, 0.1) is 6.04 Å². The molecule has 126 valence electrons. The summed E-state index contributed by atoms with van der Waals surface area (Å²) in [7, 11) is 0. The second kappa shape index (κ2) is 6.95. The summed E-state index contributed by atoms with van der Waals surface area (Å²) in [5.41, 5.74) is 4.17. The van der Waals surface area contributed by atoms with E-state index in [-0.39, 0.29) is 11.9 Å². The fourth-order valence-corrected chi connectivity index (χ4v) is 3.04. The fourth-order valence-electron chi connectivity index (χ4n) is 3.04. The highest BCUT2D eigenvalue weighted by molar-refractivity contribution is 5.95. The zero-order valence-corrected chi connectivity index (χ0v) is 14.4. The largest absolute Gasteiger partial charge is 0.486 e. The Morgan fingerprint density at radius 1 is 1.08 bits per heavy atom. The molecule has 0 aliphatic carbocycles. The summed E-state index contributed by atoms with van der Waals surface area (Å²) in [6.07, 6.45) is 0.834. The van der Waals surface area contributed by atoms with Crippen molar-refractivity contribution in [2.75, 3.05) is 13.2 Å². The Labute approximate surface area is 142 Å². The van der Waals surface area contributed by atoms with Gasteiger partial charge in [-0.25, -0.2) is 0 Å². The summed E-state index contributed by atoms with van der Waals surface area (Å²) in [6.45, 7) is 7.29. The molecule has 24 heavy (non-hydrogen) atoms. The quantitative estimate of drug-likeness (QED) is 0.926. The minimum atomic E-state index is -0.0983. The number of amides is 1. The van der Waals surface area contributed by atoms with E-state index in [1.807, 2.05) is 0 Å². The highest BCUT2D eigenvalue weighted by Crippen LogP contribution is 2.31. The van der Waals surface area contributed by atoms with Gasteiger partial charge in [0.25, 0.3) is 5.91 Å². The summed E-state index contributed by atoms with van der Waals surface area (Å²) >= 11 is 0. The molecule has 0 unspecified atom stereocenters. The topological polar surface area (TPSA) is 47.6 Å². The summed E-state index contributed by atoms with van der Waals surface area (Å²) in [6, 6.07) is 11.6. The van der Waals surface area contributed by atoms with Crippen LogP contribution in [0.1, 0.15) is 46.4 Å². The number of nitrogens with one attached hydrogen (secondary N) is 1. The lowest BCUT2D eigenvalue weighted by Gasteiger charge is -2.21. The van der Waals surface area contributed by atoms with Crippen LogP contribution in [-0.4, -0.2) is 19.1 Å². The van der Waals surface area contributed by atoms with Crippen molar-refractivity contribution < 1.29 is 14.3 Å². The summed E-state index contributed by atoms with van der Waals surface area (Å²) < 4.78 is 11.1. The third kappa shape index (κ3) is 3.37. The molecular formula is C20H23NO3. The summed E-state index contributed by atoms with van der Waals surface area (Å²) in [5.74, 6) is 1.23. The zero-order valence-electron chi connectivity index (χ0n) is 14.4. The number of carbonyl (C=O) groups excluding carboxylic acids is 1. The number of rotatable bonds is 4. The summed E-state index contributed by atoms with van der Waals surface area (Å²) in [5, 5.41) is 3.13. The molecular weight excluding hydrogens is 302 g/mol. The average molecular weight is 325 g/mol. The van der Waals surface area contributed by atoms with Crippen molar-refractivity contribution in [1.82, 2.24) is 5.32 Å². The molecule has 0 radical (unpaired) electrons. The van der Waals surface area contributed by atoms with Crippen LogP contribution >= 0.6 is 0 Å². The molecule has 4 nitrogen and oxygen atoms in total. The first-order valence-corrected chi connectivity index (χ1v) is 8.36. The zero-order chi connectivity index (χ0) is 17.1. The number of hydrogen-bond donors (Lipinski definition) is 1. The first-order chi connectivity index (χ1) is 11.6. The molecule has 0 spiro atoms. The van der Waals surface area contributed by atoms with Crippen LogP contribution < -0.4 is 14.8 Å². The third-order valence-corrected chi connectivity index (χ3v) is 4.32. The maximum absolute atomic E-state index is 12.6. The van der Waals surface area contributed by atoms with E-state index in [4.69, 9.17) is 9.47 Å². The standard InChI is InChI=1S/C20H23NO3/c1-4-17(16-7-5-13(2)11-14(16)3)21-20(22)15-6-8-18-19(12-15)24-10-9-23-18/h5-8,11-12,17H,4,9-10H2,1-3H3,(H,21,22)/t17-/m0/s1. The minimum Gasteiger partial charge on any atom is -0.486 e. The maximum atomic E-state index is 12.6. The van der Waals surface area contributed by atoms with Gasteiger partial charge in [0.2, 0.25) is 0 Å². The molecule has 2 aromatic rings. The van der Waals surface area contributed by atoms with Gasteiger partial charge in [0, 0.05) is 5.56 Å². The van der Waals surface area contributed by atoms with Crippen LogP contribution in [-0.2, 0) is 0 Å². The number of carbonyl (C=O) groups is 1. The molecule has 0 bridgehead atoms. The fraction of sp³-hybridized carbons (Fsp3) is 0.350. The molecule has 1 N–H and O–H groups in total. The van der Waals surface area contributed by atoms with Gasteiger partial charge >= 0.3 is 0 Å². The lowest BCUT2D eigenvalue weighted by molar-refractivity contribution is 0.0934. The van der Waals surface area contributed by atoms with Crippen LogP contribution in [0.15, 0.2) is 36.4 Å². The first kappa shape index (κ1) is 16.4. The van der Waals surface area contributed by atoms with E-state index in [0.717, 1.165) is 12.0 Å². The Kier molecular flexibility index (Phi) is 4.74. The molecule has 4 heteroatoms. The molecule has 1 heterocycles. The van der Waals surface area contributed by atoms with E-state index >= 15 is 0 Å². The van der Waals surface area contributed by atoms with Gasteiger partial charge in [-0.3, -0.25) is 4.79 Å². The van der Waals surface area contributed by atoms with Crippen molar-refractivity contribution in [3.63, 3.8) is 0 Å². The average Bonchev–Trinajstić information content (AvgIpc) is 2.59. The van der Waals surface area contributed by atoms with E-state index in [2.05, 4.69) is 44.3 Å². The van der Waals surface area contributed by atoms with Crippen molar-refractivity contribution >= 4 is 5.91 Å². The predicted octanol–water partition coefficient (Wildman–Crippen LogP) is 3.96. The van der Waals surface area contributed by atoms with Crippen molar-refractivity contribution in [3.8, 4) is 11.5 Å². The number of ether oxygens (including phenoxy) is 2. The lowest BCUT2D eigenvalue weighted by Crippen LogP contribution is -2.29. The number of hydrogen-bond acceptors (Lipinski definition) is 3. The maximum Gasteiger partial charge on any atom is 0.251 e. The van der Waals surface area contributed by atoms with Crippen LogP contribution in [0.3, 0.4) is 0 Å². The van der Waals surface area contributed by atoms with E-state index in [0.29, 0.717) is 30.3 Å². The van der Waals surface area contributed by atoms with Gasteiger partial charge in [-0.15, -0.1) is 0 Å². The lowest BCUT2D eigenvalue weighted by atomic mass is 9.97. The van der Waals surface area contributed by atoms with Gasteiger partial charge in [0.1, 0.15) is 13.2 Å². The van der Waals surface area contributed by atoms with Crippen LogP contribution in [0.5, 0.6) is 11.5 Å². The molecule has 1 atom stereocenters. The van der Waals surface area contributed by atoms with Crippen molar-refractivity contribution in [1.29, 1.82) is 0 Å². The van der Waals surface area contributed by atoms with Gasteiger partial charge in [0.15, 0.2) is 11.5 Å². The highest BCUT2D eigenvalue weighted by atomic mass is 16.6.